The van der Waals surface area contributed by atoms with Gasteiger partial charge in [0.15, 0.2) is 5.82 Å². The Kier molecular flexibility index (Phi) is 3.55. The van der Waals surface area contributed by atoms with Crippen LogP contribution in [-0.2, 0) is 7.05 Å². The molecule has 1 N–H and O–H groups in total. The van der Waals surface area contributed by atoms with E-state index in [0.717, 1.165) is 16.6 Å². The van der Waals surface area contributed by atoms with Gasteiger partial charge in [0, 0.05) is 32.4 Å². The van der Waals surface area contributed by atoms with Crippen molar-refractivity contribution < 1.29 is 4.79 Å². The van der Waals surface area contributed by atoms with E-state index in [1.54, 1.807) is 16.8 Å². The van der Waals surface area contributed by atoms with Gasteiger partial charge < -0.3 is 10.2 Å². The van der Waals surface area contributed by atoms with E-state index in [0.29, 0.717) is 11.4 Å². The van der Waals surface area contributed by atoms with E-state index in [1.165, 1.54) is 0 Å². The molecule has 5 heteroatoms. The van der Waals surface area contributed by atoms with Crippen LogP contribution >= 0.6 is 0 Å². The quantitative estimate of drug-likeness (QED) is 0.808. The van der Waals surface area contributed by atoms with Crippen LogP contribution in [0.4, 0.5) is 11.5 Å². The third-order valence-corrected chi connectivity index (χ3v) is 3.61. The number of anilines is 2. The minimum atomic E-state index is -0.158. The molecular weight excluding hydrogens is 276 g/mol. The van der Waals surface area contributed by atoms with Crippen LogP contribution in [0.2, 0.25) is 0 Å². The second-order valence-corrected chi connectivity index (χ2v) is 5.36. The lowest BCUT2D eigenvalue weighted by molar-refractivity contribution is 0.102. The molecule has 0 aliphatic heterocycles. The van der Waals surface area contributed by atoms with Crippen LogP contribution in [0.15, 0.2) is 48.5 Å². The Balaban J connectivity index is 2.06. The van der Waals surface area contributed by atoms with Crippen LogP contribution in [0.3, 0.4) is 0 Å². The molecule has 1 aromatic heterocycles. The first-order chi connectivity index (χ1) is 10.6. The fourth-order valence-electron chi connectivity index (χ4n) is 2.52. The highest BCUT2D eigenvalue weighted by Crippen LogP contribution is 2.31. The van der Waals surface area contributed by atoms with Gasteiger partial charge in [-0.2, -0.15) is 5.10 Å². The number of amides is 1. The van der Waals surface area contributed by atoms with Crippen LogP contribution in [-0.4, -0.2) is 29.8 Å². The fourth-order valence-corrected chi connectivity index (χ4v) is 2.52. The maximum atomic E-state index is 12.4. The Labute approximate surface area is 129 Å². The van der Waals surface area contributed by atoms with Crippen LogP contribution < -0.4 is 10.2 Å². The number of aromatic nitrogens is 2. The molecule has 1 amide bonds. The third kappa shape index (κ3) is 2.41. The molecule has 3 rings (SSSR count). The molecule has 22 heavy (non-hydrogen) atoms. The van der Waals surface area contributed by atoms with E-state index in [1.807, 2.05) is 62.4 Å². The van der Waals surface area contributed by atoms with Crippen molar-refractivity contribution >= 4 is 28.3 Å². The van der Waals surface area contributed by atoms with Crippen LogP contribution in [0.25, 0.3) is 10.9 Å². The smallest absolute Gasteiger partial charge is 0.256 e. The molecule has 0 bridgehead atoms. The van der Waals surface area contributed by atoms with Gasteiger partial charge >= 0.3 is 0 Å². The fraction of sp³-hybridized carbons (Fsp3) is 0.176. The molecule has 0 fully saturated rings. The van der Waals surface area contributed by atoms with Crippen molar-refractivity contribution in [2.45, 2.75) is 0 Å². The second-order valence-electron chi connectivity index (χ2n) is 5.36. The van der Waals surface area contributed by atoms with Gasteiger partial charge in [-0.25, -0.2) is 0 Å². The molecule has 0 aliphatic carbocycles. The number of carbonyl (C=O) groups excluding carboxylic acids is 1. The normalized spacial score (nSPS) is 10.7. The summed E-state index contributed by atoms with van der Waals surface area (Å²) in [5.74, 6) is 0.421. The van der Waals surface area contributed by atoms with Gasteiger partial charge in [-0.15, -0.1) is 0 Å². The predicted octanol–water partition coefficient (Wildman–Crippen LogP) is 2.89. The topological polar surface area (TPSA) is 50.2 Å². The number of nitrogens with one attached hydrogen (secondary N) is 1. The molecule has 0 saturated carbocycles. The molecule has 1 heterocycles. The number of hydrogen-bond acceptors (Lipinski definition) is 3. The molecule has 0 unspecified atom stereocenters. The molecule has 0 saturated heterocycles. The van der Waals surface area contributed by atoms with Crippen molar-refractivity contribution in [3.63, 3.8) is 0 Å². The van der Waals surface area contributed by atoms with E-state index in [4.69, 9.17) is 0 Å². The van der Waals surface area contributed by atoms with Crippen molar-refractivity contribution in [2.24, 2.45) is 7.05 Å². The summed E-state index contributed by atoms with van der Waals surface area (Å²) in [6, 6.07) is 15.1. The number of benzene rings is 2. The summed E-state index contributed by atoms with van der Waals surface area (Å²) in [7, 11) is 5.83. The summed E-state index contributed by atoms with van der Waals surface area (Å²) >= 11 is 0. The van der Waals surface area contributed by atoms with Gasteiger partial charge in [0.1, 0.15) is 0 Å². The van der Waals surface area contributed by atoms with Crippen LogP contribution in [0, 0.1) is 0 Å². The molecule has 3 aromatic rings. The van der Waals surface area contributed by atoms with Gasteiger partial charge in [0.05, 0.1) is 10.9 Å². The molecule has 0 radical (unpaired) electrons. The number of carbonyl (C=O) groups is 1. The van der Waals surface area contributed by atoms with Crippen molar-refractivity contribution in [1.82, 2.24) is 9.78 Å². The molecular formula is C17H18N4O. The number of nitrogens with zero attached hydrogens (tertiary/aromatic N) is 3. The first kappa shape index (κ1) is 14.1. The number of rotatable bonds is 3. The largest absolute Gasteiger partial charge is 0.377 e. The van der Waals surface area contributed by atoms with Crippen molar-refractivity contribution in [3.05, 3.63) is 54.1 Å². The third-order valence-electron chi connectivity index (χ3n) is 3.61. The van der Waals surface area contributed by atoms with Gasteiger partial charge in [0.25, 0.3) is 5.91 Å². The Bertz CT molecular complexity index is 821. The summed E-state index contributed by atoms with van der Waals surface area (Å²) in [5.41, 5.74) is 2.62. The highest BCUT2D eigenvalue weighted by molar-refractivity contribution is 6.10. The molecule has 5 nitrogen and oxygen atoms in total. The highest BCUT2D eigenvalue weighted by atomic mass is 16.1. The van der Waals surface area contributed by atoms with Gasteiger partial charge in [-0.3, -0.25) is 9.48 Å². The zero-order chi connectivity index (χ0) is 15.7. The first-order valence-corrected chi connectivity index (χ1v) is 7.07. The lowest BCUT2D eigenvalue weighted by Gasteiger charge is -2.14. The van der Waals surface area contributed by atoms with Crippen molar-refractivity contribution in [2.75, 3.05) is 24.3 Å². The van der Waals surface area contributed by atoms with Crippen molar-refractivity contribution in [3.8, 4) is 0 Å². The molecule has 2 aromatic carbocycles. The maximum absolute atomic E-state index is 12.4. The number of hydrogen-bond donors (Lipinski definition) is 1. The van der Waals surface area contributed by atoms with Crippen LogP contribution in [0.5, 0.6) is 0 Å². The van der Waals surface area contributed by atoms with Gasteiger partial charge in [-0.1, -0.05) is 24.3 Å². The zero-order valence-electron chi connectivity index (χ0n) is 12.9. The SMILES string of the molecule is CN(C)c1cccc2c1c(NC(=O)c1ccccc1)nn2C. The monoisotopic (exact) mass is 294 g/mol. The summed E-state index contributed by atoms with van der Waals surface area (Å²) in [6.07, 6.45) is 0. The number of fused-ring (bicyclic) bond motifs is 1. The predicted molar refractivity (Wildman–Crippen MR) is 89.4 cm³/mol. The maximum Gasteiger partial charge on any atom is 0.256 e. The summed E-state index contributed by atoms with van der Waals surface area (Å²) in [5, 5.41) is 8.32. The van der Waals surface area contributed by atoms with E-state index < -0.39 is 0 Å². The minimum Gasteiger partial charge on any atom is -0.377 e. The highest BCUT2D eigenvalue weighted by Gasteiger charge is 2.16. The Morgan fingerprint density at radius 2 is 1.82 bits per heavy atom. The minimum absolute atomic E-state index is 0.158. The van der Waals surface area contributed by atoms with E-state index in [-0.39, 0.29) is 5.91 Å². The molecule has 0 spiro atoms. The Morgan fingerprint density at radius 1 is 1.09 bits per heavy atom. The van der Waals surface area contributed by atoms with Crippen molar-refractivity contribution in [1.29, 1.82) is 0 Å². The second kappa shape index (κ2) is 5.52. The van der Waals surface area contributed by atoms with Gasteiger partial charge in [-0.05, 0) is 24.3 Å². The summed E-state index contributed by atoms with van der Waals surface area (Å²) < 4.78 is 1.78. The number of aryl methyl sites for hydroxylation is 1. The Morgan fingerprint density at radius 3 is 2.50 bits per heavy atom. The van der Waals surface area contributed by atoms with E-state index >= 15 is 0 Å². The average Bonchev–Trinajstić information content (AvgIpc) is 2.84. The first-order valence-electron chi connectivity index (χ1n) is 7.07. The Hall–Kier alpha value is -2.82. The lowest BCUT2D eigenvalue weighted by atomic mass is 10.2. The van der Waals surface area contributed by atoms with E-state index in [9.17, 15) is 4.79 Å². The van der Waals surface area contributed by atoms with Gasteiger partial charge in [0.2, 0.25) is 0 Å². The standard InChI is InChI=1S/C17H18N4O/c1-20(2)13-10-7-11-14-15(13)16(19-21(14)3)18-17(22)12-8-5-4-6-9-12/h4-11H,1-3H3,(H,18,19,22). The molecule has 112 valence electrons. The summed E-state index contributed by atoms with van der Waals surface area (Å²) in [6.45, 7) is 0. The van der Waals surface area contributed by atoms with E-state index in [2.05, 4.69) is 10.4 Å². The lowest BCUT2D eigenvalue weighted by Crippen LogP contribution is -2.13. The molecule has 0 atom stereocenters. The zero-order valence-corrected chi connectivity index (χ0v) is 12.9. The average molecular weight is 294 g/mol. The summed E-state index contributed by atoms with van der Waals surface area (Å²) in [4.78, 5) is 14.4. The van der Waals surface area contributed by atoms with Crippen LogP contribution in [0.1, 0.15) is 10.4 Å². The molecule has 0 aliphatic rings.